The maximum Gasteiger partial charge on any atom is 0.252 e. The molecule has 0 N–H and O–H groups in total. The molecule has 1 aromatic heterocycles. The van der Waals surface area contributed by atoms with Crippen molar-refractivity contribution in [3.63, 3.8) is 0 Å². The van der Waals surface area contributed by atoms with Gasteiger partial charge in [0.15, 0.2) is 0 Å². The van der Waals surface area contributed by atoms with Crippen LogP contribution in [0.3, 0.4) is 0 Å². The lowest BCUT2D eigenvalue weighted by molar-refractivity contribution is -0.148. The van der Waals surface area contributed by atoms with E-state index in [0.717, 1.165) is 63.0 Å². The molecule has 270 valence electrons. The van der Waals surface area contributed by atoms with Gasteiger partial charge in [-0.25, -0.2) is 4.98 Å². The van der Waals surface area contributed by atoms with Crippen molar-refractivity contribution >= 4 is 35.1 Å². The van der Waals surface area contributed by atoms with Crippen LogP contribution in [-0.2, 0) is 19.1 Å². The number of carbonyl (C=O) groups is 3. The highest BCUT2D eigenvalue weighted by Crippen LogP contribution is 2.42. The SMILES string of the molecule is CN1CCN(C(=O)[C@@H]2CC(N(C(=O)[C@@H]3CCCO3)C3CCC(C)(C)CC3)CN2C(=O)[C@@H]2CN(c3ccccn3)C[C@H]2c2ccc(Cl)cc2)CC1. The number of hydrogen-bond donors (Lipinski definition) is 0. The zero-order chi connectivity index (χ0) is 35.0. The summed E-state index contributed by atoms with van der Waals surface area (Å²) in [5.41, 5.74) is 1.29. The Balaban J connectivity index is 1.21. The number of piperazine rings is 1. The Morgan fingerprint density at radius 3 is 2.30 bits per heavy atom. The second-order valence-corrected chi connectivity index (χ2v) is 16.5. The van der Waals surface area contributed by atoms with Gasteiger partial charge in [-0.15, -0.1) is 0 Å². The van der Waals surface area contributed by atoms with Gasteiger partial charge in [0, 0.05) is 75.6 Å². The van der Waals surface area contributed by atoms with Crippen LogP contribution in [0.1, 0.15) is 70.3 Å². The topological polar surface area (TPSA) is 89.5 Å². The summed E-state index contributed by atoms with van der Waals surface area (Å²) < 4.78 is 5.98. The summed E-state index contributed by atoms with van der Waals surface area (Å²) in [5.74, 6) is 0.361. The number of likely N-dealkylation sites (tertiary alicyclic amines) is 1. The monoisotopic (exact) mass is 704 g/mol. The van der Waals surface area contributed by atoms with Crippen molar-refractivity contribution in [1.82, 2.24) is 24.6 Å². The van der Waals surface area contributed by atoms with Gasteiger partial charge in [-0.2, -0.15) is 0 Å². The second-order valence-electron chi connectivity index (χ2n) is 16.0. The first-order chi connectivity index (χ1) is 24.1. The molecule has 0 spiro atoms. The molecule has 1 saturated carbocycles. The predicted octanol–water partition coefficient (Wildman–Crippen LogP) is 4.67. The van der Waals surface area contributed by atoms with Crippen LogP contribution in [-0.4, -0.2) is 126 Å². The Morgan fingerprint density at radius 2 is 1.64 bits per heavy atom. The Bertz CT molecular complexity index is 1500. The van der Waals surface area contributed by atoms with E-state index in [1.54, 1.807) is 6.20 Å². The number of carbonyl (C=O) groups excluding carboxylic acids is 3. The molecule has 11 heteroatoms. The van der Waals surface area contributed by atoms with Crippen molar-refractivity contribution < 1.29 is 19.1 Å². The summed E-state index contributed by atoms with van der Waals surface area (Å²) in [6.45, 7) is 9.58. The first-order valence-electron chi connectivity index (χ1n) is 18.7. The molecule has 4 saturated heterocycles. The summed E-state index contributed by atoms with van der Waals surface area (Å²) in [5, 5.41) is 0.651. The van der Waals surface area contributed by atoms with Crippen molar-refractivity contribution in [1.29, 1.82) is 0 Å². The largest absolute Gasteiger partial charge is 0.368 e. The van der Waals surface area contributed by atoms with Gasteiger partial charge < -0.3 is 29.2 Å². The number of benzene rings is 1. The van der Waals surface area contributed by atoms with Crippen LogP contribution in [0, 0.1) is 11.3 Å². The van der Waals surface area contributed by atoms with E-state index < -0.39 is 18.1 Å². The minimum absolute atomic E-state index is 0.00543. The van der Waals surface area contributed by atoms with E-state index in [9.17, 15) is 9.59 Å². The second kappa shape index (κ2) is 14.8. The molecule has 50 heavy (non-hydrogen) atoms. The summed E-state index contributed by atoms with van der Waals surface area (Å²) in [6, 6.07) is 12.9. The van der Waals surface area contributed by atoms with Gasteiger partial charge in [0.05, 0.1) is 12.0 Å². The minimum Gasteiger partial charge on any atom is -0.368 e. The van der Waals surface area contributed by atoms with E-state index in [1.807, 2.05) is 52.3 Å². The normalized spacial score (nSPS) is 29.0. The fourth-order valence-corrected chi connectivity index (χ4v) is 9.16. The zero-order valence-corrected chi connectivity index (χ0v) is 30.6. The molecule has 5 fully saturated rings. The third-order valence-electron chi connectivity index (χ3n) is 12.1. The molecule has 1 unspecified atom stereocenters. The first kappa shape index (κ1) is 35.2. The Labute approximate surface area is 302 Å². The number of ether oxygens (including phenoxy) is 1. The molecule has 5 aliphatic rings. The molecule has 0 bridgehead atoms. The standard InChI is InChI=1S/C39H53ClN6O4/c1-39(2)15-13-29(14-16-39)46(38(49)34-7-6-22-50-34)30-23-33(37(48)43-20-18-42(3)19-21-43)45(24-30)36(47)32-26-44(35-8-4-5-17-41-35)25-31(32)27-9-11-28(40)12-10-27/h4-5,8-12,17,29-34H,6-7,13-16,18-26H2,1-3H3/t30?,31-,32+,33-,34-/m0/s1. The lowest BCUT2D eigenvalue weighted by Gasteiger charge is -2.43. The van der Waals surface area contributed by atoms with Crippen molar-refractivity contribution in [2.24, 2.45) is 11.3 Å². The minimum atomic E-state index is -0.620. The molecule has 3 amide bonds. The Morgan fingerprint density at radius 1 is 0.900 bits per heavy atom. The average Bonchev–Trinajstić information content (AvgIpc) is 3.91. The highest BCUT2D eigenvalue weighted by Gasteiger charge is 2.51. The molecule has 4 aliphatic heterocycles. The highest BCUT2D eigenvalue weighted by molar-refractivity contribution is 6.30. The smallest absolute Gasteiger partial charge is 0.252 e. The molecule has 1 aromatic carbocycles. The van der Waals surface area contributed by atoms with Crippen LogP contribution in [0.5, 0.6) is 0 Å². The maximum atomic E-state index is 15.1. The number of hydrogen-bond acceptors (Lipinski definition) is 7. The molecular formula is C39H53ClN6O4. The first-order valence-corrected chi connectivity index (χ1v) is 19.1. The van der Waals surface area contributed by atoms with Gasteiger partial charge in [0.25, 0.3) is 5.91 Å². The lowest BCUT2D eigenvalue weighted by Crippen LogP contribution is -2.54. The quantitative estimate of drug-likeness (QED) is 0.414. The van der Waals surface area contributed by atoms with E-state index in [-0.39, 0.29) is 41.1 Å². The number of amides is 3. The summed E-state index contributed by atoms with van der Waals surface area (Å²) in [7, 11) is 2.08. The molecule has 0 radical (unpaired) electrons. The molecule has 7 rings (SSSR count). The van der Waals surface area contributed by atoms with E-state index in [0.29, 0.717) is 50.8 Å². The van der Waals surface area contributed by atoms with Gasteiger partial charge in [0.2, 0.25) is 11.8 Å². The van der Waals surface area contributed by atoms with Crippen LogP contribution >= 0.6 is 11.6 Å². The number of anilines is 1. The summed E-state index contributed by atoms with van der Waals surface area (Å²) in [6.07, 6.45) is 7.32. The van der Waals surface area contributed by atoms with E-state index in [2.05, 4.69) is 40.6 Å². The predicted molar refractivity (Wildman–Crippen MR) is 194 cm³/mol. The van der Waals surface area contributed by atoms with Gasteiger partial charge in [0.1, 0.15) is 18.0 Å². The van der Waals surface area contributed by atoms with Gasteiger partial charge >= 0.3 is 0 Å². The van der Waals surface area contributed by atoms with Gasteiger partial charge in [-0.05, 0) is 87.2 Å². The van der Waals surface area contributed by atoms with Gasteiger partial charge in [-0.3, -0.25) is 14.4 Å². The number of pyridine rings is 1. The third kappa shape index (κ3) is 7.39. The summed E-state index contributed by atoms with van der Waals surface area (Å²) in [4.78, 5) is 59.0. The summed E-state index contributed by atoms with van der Waals surface area (Å²) >= 11 is 6.30. The van der Waals surface area contributed by atoms with Crippen molar-refractivity contribution in [2.75, 3.05) is 64.4 Å². The lowest BCUT2D eigenvalue weighted by atomic mass is 9.75. The van der Waals surface area contributed by atoms with Crippen LogP contribution in [0.25, 0.3) is 0 Å². The van der Waals surface area contributed by atoms with Crippen LogP contribution in [0.15, 0.2) is 48.7 Å². The number of halogens is 1. The zero-order valence-electron chi connectivity index (χ0n) is 29.9. The Hall–Kier alpha value is -3.21. The maximum absolute atomic E-state index is 15.1. The van der Waals surface area contributed by atoms with E-state index in [1.165, 1.54) is 0 Å². The average molecular weight is 705 g/mol. The molecule has 1 aliphatic carbocycles. The van der Waals surface area contributed by atoms with Crippen LogP contribution in [0.4, 0.5) is 5.82 Å². The van der Waals surface area contributed by atoms with Crippen LogP contribution < -0.4 is 4.90 Å². The van der Waals surface area contributed by atoms with Crippen molar-refractivity contribution in [3.05, 3.63) is 59.2 Å². The number of likely N-dealkylation sites (N-methyl/N-ethyl adjacent to an activating group) is 1. The number of rotatable bonds is 7. The van der Waals surface area contributed by atoms with E-state index >= 15 is 4.79 Å². The van der Waals surface area contributed by atoms with Crippen molar-refractivity contribution in [2.45, 2.75) is 88.9 Å². The van der Waals surface area contributed by atoms with E-state index in [4.69, 9.17) is 16.3 Å². The van der Waals surface area contributed by atoms with Gasteiger partial charge in [-0.1, -0.05) is 43.6 Å². The Kier molecular flexibility index (Phi) is 10.4. The fourth-order valence-electron chi connectivity index (χ4n) is 9.03. The molecular weight excluding hydrogens is 652 g/mol. The molecule has 10 nitrogen and oxygen atoms in total. The molecule has 2 aromatic rings. The number of aromatic nitrogens is 1. The molecule has 5 heterocycles. The highest BCUT2D eigenvalue weighted by atomic mass is 35.5. The van der Waals surface area contributed by atoms with Crippen molar-refractivity contribution in [3.8, 4) is 0 Å². The fraction of sp³-hybridized carbons (Fsp3) is 0.641. The molecule has 5 atom stereocenters. The number of nitrogens with zero attached hydrogens (tertiary/aromatic N) is 6. The third-order valence-corrected chi connectivity index (χ3v) is 12.4. The van der Waals surface area contributed by atoms with Crippen LogP contribution in [0.2, 0.25) is 5.02 Å².